The molecule has 0 unspecified atom stereocenters. The summed E-state index contributed by atoms with van der Waals surface area (Å²) in [5.41, 5.74) is 0.758. The number of nitrogens with zero attached hydrogens (tertiary/aromatic N) is 1. The normalized spacial score (nSPS) is 11.3. The van der Waals surface area contributed by atoms with Gasteiger partial charge in [-0.1, -0.05) is 30.3 Å². The molecule has 0 aliphatic rings. The number of alkyl halides is 3. The minimum atomic E-state index is -4.32. The highest BCUT2D eigenvalue weighted by Gasteiger charge is 2.29. The Morgan fingerprint density at radius 2 is 1.65 bits per heavy atom. The van der Waals surface area contributed by atoms with E-state index in [1.165, 1.54) is 4.90 Å². The minimum absolute atomic E-state index is 0.0471. The summed E-state index contributed by atoms with van der Waals surface area (Å²) in [5.74, 6) is -1.33. The Labute approximate surface area is 132 Å². The predicted octanol–water partition coefficient (Wildman–Crippen LogP) is 3.61. The van der Waals surface area contributed by atoms with Gasteiger partial charge in [0.15, 0.2) is 0 Å². The number of hydrogen-bond acceptors (Lipinski definition) is 2. The first kappa shape index (κ1) is 19.0. The van der Waals surface area contributed by atoms with Gasteiger partial charge < -0.3 is 10.0 Å². The zero-order chi connectivity index (χ0) is 17.3. The Morgan fingerprint density at radius 1 is 1.04 bits per heavy atom. The first-order chi connectivity index (χ1) is 10.8. The summed E-state index contributed by atoms with van der Waals surface area (Å²) in [4.78, 5) is 23.7. The third kappa shape index (κ3) is 8.85. The van der Waals surface area contributed by atoms with Crippen LogP contribution < -0.4 is 0 Å². The SMILES string of the molecule is O=C(O)CCCCC(=O)N(CCC(F)(F)F)Cc1ccccc1. The average Bonchev–Trinajstić information content (AvgIpc) is 2.47. The van der Waals surface area contributed by atoms with Crippen LogP contribution in [0.2, 0.25) is 0 Å². The van der Waals surface area contributed by atoms with E-state index in [1.54, 1.807) is 30.3 Å². The molecule has 0 atom stereocenters. The molecule has 1 amide bonds. The molecule has 128 valence electrons. The van der Waals surface area contributed by atoms with Crippen molar-refractivity contribution in [1.82, 2.24) is 4.90 Å². The number of amides is 1. The monoisotopic (exact) mass is 331 g/mol. The van der Waals surface area contributed by atoms with Crippen molar-refractivity contribution >= 4 is 11.9 Å². The van der Waals surface area contributed by atoms with Crippen molar-refractivity contribution in [2.24, 2.45) is 0 Å². The molecule has 4 nitrogen and oxygen atoms in total. The summed E-state index contributed by atoms with van der Waals surface area (Å²) in [6.07, 6.45) is -4.69. The van der Waals surface area contributed by atoms with Gasteiger partial charge in [-0.15, -0.1) is 0 Å². The molecule has 0 saturated carbocycles. The third-order valence-corrected chi connectivity index (χ3v) is 3.27. The van der Waals surface area contributed by atoms with Gasteiger partial charge in [-0.05, 0) is 18.4 Å². The molecule has 23 heavy (non-hydrogen) atoms. The lowest BCUT2D eigenvalue weighted by molar-refractivity contribution is -0.146. The fourth-order valence-electron chi connectivity index (χ4n) is 2.07. The van der Waals surface area contributed by atoms with Crippen LogP contribution in [-0.2, 0) is 16.1 Å². The molecule has 7 heteroatoms. The Balaban J connectivity index is 2.58. The molecule has 0 fully saturated rings. The van der Waals surface area contributed by atoms with Crippen LogP contribution in [-0.4, -0.2) is 34.6 Å². The maximum absolute atomic E-state index is 12.4. The molecule has 0 saturated heterocycles. The second kappa shape index (κ2) is 9.17. The zero-order valence-corrected chi connectivity index (χ0v) is 12.7. The van der Waals surface area contributed by atoms with Crippen LogP contribution in [0.5, 0.6) is 0 Å². The van der Waals surface area contributed by atoms with Crippen LogP contribution in [0, 0.1) is 0 Å². The van der Waals surface area contributed by atoms with E-state index in [1.807, 2.05) is 0 Å². The van der Waals surface area contributed by atoms with Gasteiger partial charge in [0.05, 0.1) is 6.42 Å². The summed E-state index contributed by atoms with van der Waals surface area (Å²) < 4.78 is 37.2. The number of unbranched alkanes of at least 4 members (excludes halogenated alkanes) is 1. The molecule has 0 bridgehead atoms. The highest BCUT2D eigenvalue weighted by atomic mass is 19.4. The average molecular weight is 331 g/mol. The first-order valence-electron chi connectivity index (χ1n) is 7.38. The fraction of sp³-hybridized carbons (Fsp3) is 0.500. The van der Waals surface area contributed by atoms with Gasteiger partial charge >= 0.3 is 12.1 Å². The van der Waals surface area contributed by atoms with Gasteiger partial charge in [0.1, 0.15) is 0 Å². The largest absolute Gasteiger partial charge is 0.481 e. The Kier molecular flexibility index (Phi) is 7.57. The molecular formula is C16H20F3NO3. The van der Waals surface area contributed by atoms with Crippen molar-refractivity contribution in [3.63, 3.8) is 0 Å². The molecule has 0 radical (unpaired) electrons. The molecule has 0 aliphatic carbocycles. The molecule has 0 aromatic heterocycles. The lowest BCUT2D eigenvalue weighted by Crippen LogP contribution is -2.33. The van der Waals surface area contributed by atoms with Crippen molar-refractivity contribution in [2.75, 3.05) is 6.54 Å². The van der Waals surface area contributed by atoms with Crippen molar-refractivity contribution in [1.29, 1.82) is 0 Å². The van der Waals surface area contributed by atoms with Crippen LogP contribution in [0.4, 0.5) is 13.2 Å². The number of carboxylic acids is 1. The number of carboxylic acid groups (broad SMARTS) is 1. The van der Waals surface area contributed by atoms with E-state index in [-0.39, 0.29) is 25.3 Å². The van der Waals surface area contributed by atoms with E-state index in [9.17, 15) is 22.8 Å². The number of rotatable bonds is 9. The van der Waals surface area contributed by atoms with Crippen LogP contribution in [0.3, 0.4) is 0 Å². The van der Waals surface area contributed by atoms with Gasteiger partial charge in [0.2, 0.25) is 5.91 Å². The van der Waals surface area contributed by atoms with Gasteiger partial charge in [-0.2, -0.15) is 13.2 Å². The van der Waals surface area contributed by atoms with E-state index in [0.717, 1.165) is 5.56 Å². The summed E-state index contributed by atoms with van der Waals surface area (Å²) in [7, 11) is 0. The summed E-state index contributed by atoms with van der Waals surface area (Å²) in [6.45, 7) is -0.273. The number of halogens is 3. The van der Waals surface area contributed by atoms with Crippen molar-refractivity contribution < 1.29 is 27.9 Å². The van der Waals surface area contributed by atoms with Crippen LogP contribution in [0.25, 0.3) is 0 Å². The molecule has 0 aliphatic heterocycles. The van der Waals surface area contributed by atoms with Crippen molar-refractivity contribution in [2.45, 2.75) is 44.8 Å². The maximum atomic E-state index is 12.4. The molecule has 0 spiro atoms. The highest BCUT2D eigenvalue weighted by Crippen LogP contribution is 2.21. The van der Waals surface area contributed by atoms with E-state index in [0.29, 0.717) is 12.8 Å². The molecule has 0 heterocycles. The van der Waals surface area contributed by atoms with Crippen LogP contribution >= 0.6 is 0 Å². The van der Waals surface area contributed by atoms with Crippen LogP contribution in [0.15, 0.2) is 30.3 Å². The summed E-state index contributed by atoms with van der Waals surface area (Å²) in [5, 5.41) is 8.54. The zero-order valence-electron chi connectivity index (χ0n) is 12.7. The van der Waals surface area contributed by atoms with Gasteiger partial charge in [-0.3, -0.25) is 9.59 Å². The number of carbonyl (C=O) groups excluding carboxylic acids is 1. The molecule has 1 N–H and O–H groups in total. The molecule has 1 aromatic rings. The minimum Gasteiger partial charge on any atom is -0.481 e. The summed E-state index contributed by atoms with van der Waals surface area (Å²) in [6, 6.07) is 8.80. The second-order valence-corrected chi connectivity index (χ2v) is 5.27. The third-order valence-electron chi connectivity index (χ3n) is 3.27. The van der Waals surface area contributed by atoms with E-state index >= 15 is 0 Å². The first-order valence-corrected chi connectivity index (χ1v) is 7.38. The lowest BCUT2D eigenvalue weighted by Gasteiger charge is -2.23. The Morgan fingerprint density at radius 3 is 2.22 bits per heavy atom. The smallest absolute Gasteiger partial charge is 0.390 e. The summed E-state index contributed by atoms with van der Waals surface area (Å²) >= 11 is 0. The van der Waals surface area contributed by atoms with E-state index in [4.69, 9.17) is 5.11 Å². The highest BCUT2D eigenvalue weighted by molar-refractivity contribution is 5.76. The van der Waals surface area contributed by atoms with Gasteiger partial charge in [0, 0.05) is 25.9 Å². The number of carbonyl (C=O) groups is 2. The van der Waals surface area contributed by atoms with Gasteiger partial charge in [0.25, 0.3) is 0 Å². The number of aliphatic carboxylic acids is 1. The van der Waals surface area contributed by atoms with Crippen LogP contribution in [0.1, 0.15) is 37.7 Å². The quantitative estimate of drug-likeness (QED) is 0.703. The fourth-order valence-corrected chi connectivity index (χ4v) is 2.07. The molecule has 1 aromatic carbocycles. The molecule has 1 rings (SSSR count). The number of hydrogen-bond donors (Lipinski definition) is 1. The maximum Gasteiger partial charge on any atom is 0.390 e. The van der Waals surface area contributed by atoms with E-state index in [2.05, 4.69) is 0 Å². The van der Waals surface area contributed by atoms with Crippen molar-refractivity contribution in [3.05, 3.63) is 35.9 Å². The van der Waals surface area contributed by atoms with E-state index < -0.39 is 25.1 Å². The molecular weight excluding hydrogens is 311 g/mol. The predicted molar refractivity (Wildman–Crippen MR) is 78.6 cm³/mol. The second-order valence-electron chi connectivity index (χ2n) is 5.27. The number of benzene rings is 1. The lowest BCUT2D eigenvalue weighted by atomic mass is 10.1. The Bertz CT molecular complexity index is 503. The van der Waals surface area contributed by atoms with Crippen molar-refractivity contribution in [3.8, 4) is 0 Å². The topological polar surface area (TPSA) is 57.6 Å². The Hall–Kier alpha value is -2.05. The standard InChI is InChI=1S/C16H20F3NO3/c17-16(18,19)10-11-20(12-13-6-2-1-3-7-13)14(21)8-4-5-9-15(22)23/h1-3,6-7H,4-5,8-12H2,(H,22,23). The van der Waals surface area contributed by atoms with Gasteiger partial charge in [-0.25, -0.2) is 0 Å².